The van der Waals surface area contributed by atoms with Gasteiger partial charge in [-0.1, -0.05) is 6.92 Å². The first-order chi connectivity index (χ1) is 6.13. The summed E-state index contributed by atoms with van der Waals surface area (Å²) in [7, 11) is 0. The zero-order valence-electron chi connectivity index (χ0n) is 7.70. The zero-order valence-corrected chi connectivity index (χ0v) is 7.70. The van der Waals surface area contributed by atoms with Gasteiger partial charge in [-0.2, -0.15) is 0 Å². The Labute approximate surface area is 76.4 Å². The van der Waals surface area contributed by atoms with Gasteiger partial charge in [0.15, 0.2) is 0 Å². The van der Waals surface area contributed by atoms with E-state index in [1.165, 1.54) is 0 Å². The number of carbonyl (C=O) groups excluding carboxylic acids is 2. The quantitative estimate of drug-likeness (QED) is 0.651. The van der Waals surface area contributed by atoms with Crippen molar-refractivity contribution in [3.8, 4) is 0 Å². The van der Waals surface area contributed by atoms with Crippen LogP contribution in [-0.2, 0) is 14.3 Å². The lowest BCUT2D eigenvalue weighted by Gasteiger charge is -2.12. The van der Waals surface area contributed by atoms with Gasteiger partial charge in [-0.3, -0.25) is 4.79 Å². The maximum atomic E-state index is 11.3. The minimum atomic E-state index is -0.776. The normalized spacial score (nSPS) is 23.2. The van der Waals surface area contributed by atoms with Crippen molar-refractivity contribution in [2.24, 2.45) is 0 Å². The number of cyclic esters (lactones) is 2. The van der Waals surface area contributed by atoms with Gasteiger partial charge in [0, 0.05) is 6.04 Å². The molecule has 5 heteroatoms. The molecule has 0 radical (unpaired) electrons. The predicted molar refractivity (Wildman–Crippen MR) is 44.1 cm³/mol. The van der Waals surface area contributed by atoms with Crippen LogP contribution < -0.4 is 5.32 Å². The van der Waals surface area contributed by atoms with Crippen molar-refractivity contribution in [3.05, 3.63) is 0 Å². The van der Waals surface area contributed by atoms with Crippen LogP contribution >= 0.6 is 0 Å². The Bertz CT molecular complexity index is 216. The molecule has 1 fully saturated rings. The van der Waals surface area contributed by atoms with Gasteiger partial charge >= 0.3 is 6.16 Å². The topological polar surface area (TPSA) is 64.6 Å². The summed E-state index contributed by atoms with van der Waals surface area (Å²) in [6.07, 6.45) is -0.710. The highest BCUT2D eigenvalue weighted by molar-refractivity contribution is 5.84. The van der Waals surface area contributed by atoms with Gasteiger partial charge in [0.25, 0.3) is 5.91 Å². The number of nitrogens with one attached hydrogen (secondary N) is 1. The molecule has 1 aliphatic heterocycles. The molecule has 0 aromatic heterocycles. The molecule has 1 amide bonds. The minimum absolute atomic E-state index is 0.0150. The third-order valence-electron chi connectivity index (χ3n) is 1.88. The highest BCUT2D eigenvalue weighted by Gasteiger charge is 2.31. The highest BCUT2D eigenvalue weighted by Crippen LogP contribution is 2.06. The number of hydrogen-bond acceptors (Lipinski definition) is 4. The summed E-state index contributed by atoms with van der Waals surface area (Å²) in [6.45, 7) is 3.86. The Kier molecular flexibility index (Phi) is 3.11. The Hall–Kier alpha value is -1.26. The van der Waals surface area contributed by atoms with Crippen molar-refractivity contribution in [2.75, 3.05) is 6.61 Å². The van der Waals surface area contributed by atoms with E-state index in [4.69, 9.17) is 0 Å². The fraction of sp³-hybridized carbons (Fsp3) is 0.750. The number of carbonyl (C=O) groups is 2. The van der Waals surface area contributed by atoms with E-state index in [1.54, 1.807) is 0 Å². The van der Waals surface area contributed by atoms with Crippen LogP contribution in [0.5, 0.6) is 0 Å². The van der Waals surface area contributed by atoms with Gasteiger partial charge in [0.2, 0.25) is 6.10 Å². The predicted octanol–water partition coefficient (Wildman–Crippen LogP) is 0.436. The minimum Gasteiger partial charge on any atom is -0.430 e. The van der Waals surface area contributed by atoms with E-state index in [1.807, 2.05) is 13.8 Å². The molecule has 13 heavy (non-hydrogen) atoms. The van der Waals surface area contributed by atoms with Gasteiger partial charge in [-0.05, 0) is 13.3 Å². The molecule has 1 N–H and O–H groups in total. The average Bonchev–Trinajstić information content (AvgIpc) is 2.51. The van der Waals surface area contributed by atoms with E-state index in [2.05, 4.69) is 14.8 Å². The lowest BCUT2D eigenvalue weighted by molar-refractivity contribution is -0.128. The van der Waals surface area contributed by atoms with Crippen LogP contribution in [0.15, 0.2) is 0 Å². The van der Waals surface area contributed by atoms with Gasteiger partial charge in [-0.15, -0.1) is 0 Å². The summed E-state index contributed by atoms with van der Waals surface area (Å²) in [4.78, 5) is 21.8. The lowest BCUT2D eigenvalue weighted by Crippen LogP contribution is -2.40. The van der Waals surface area contributed by atoms with Gasteiger partial charge < -0.3 is 14.8 Å². The van der Waals surface area contributed by atoms with Gasteiger partial charge in [0.05, 0.1) is 0 Å². The molecule has 74 valence electrons. The van der Waals surface area contributed by atoms with Crippen LogP contribution in [0.1, 0.15) is 20.3 Å². The Morgan fingerprint density at radius 2 is 2.46 bits per heavy atom. The van der Waals surface area contributed by atoms with Crippen molar-refractivity contribution in [3.63, 3.8) is 0 Å². The summed E-state index contributed by atoms with van der Waals surface area (Å²) in [5.41, 5.74) is 0. The van der Waals surface area contributed by atoms with Crippen molar-refractivity contribution in [1.82, 2.24) is 5.32 Å². The smallest absolute Gasteiger partial charge is 0.430 e. The molecular weight excluding hydrogens is 174 g/mol. The number of amides is 1. The van der Waals surface area contributed by atoms with E-state index < -0.39 is 12.3 Å². The summed E-state index contributed by atoms with van der Waals surface area (Å²) in [5.74, 6) is -0.291. The maximum absolute atomic E-state index is 11.3. The second-order valence-corrected chi connectivity index (χ2v) is 2.99. The molecule has 1 aliphatic rings. The summed E-state index contributed by atoms with van der Waals surface area (Å²) in [5, 5.41) is 2.70. The number of hydrogen-bond donors (Lipinski definition) is 1. The van der Waals surface area contributed by atoms with E-state index >= 15 is 0 Å². The molecule has 2 atom stereocenters. The third-order valence-corrected chi connectivity index (χ3v) is 1.88. The van der Waals surface area contributed by atoms with Crippen molar-refractivity contribution < 1.29 is 19.1 Å². The maximum Gasteiger partial charge on any atom is 0.509 e. The van der Waals surface area contributed by atoms with Crippen LogP contribution in [0.4, 0.5) is 4.79 Å². The molecule has 1 saturated heterocycles. The highest BCUT2D eigenvalue weighted by atomic mass is 16.8. The zero-order chi connectivity index (χ0) is 9.84. The fourth-order valence-electron chi connectivity index (χ4n) is 0.895. The molecule has 5 nitrogen and oxygen atoms in total. The molecular formula is C8H13NO4. The van der Waals surface area contributed by atoms with Crippen LogP contribution in [0.25, 0.3) is 0 Å². The average molecular weight is 187 g/mol. The van der Waals surface area contributed by atoms with Gasteiger partial charge in [0.1, 0.15) is 6.61 Å². The summed E-state index contributed by atoms with van der Waals surface area (Å²) >= 11 is 0. The fourth-order valence-corrected chi connectivity index (χ4v) is 0.895. The molecule has 1 heterocycles. The summed E-state index contributed by atoms with van der Waals surface area (Å²) < 4.78 is 9.08. The first-order valence-electron chi connectivity index (χ1n) is 4.27. The molecule has 0 aromatic carbocycles. The molecule has 2 unspecified atom stereocenters. The molecule has 0 aromatic rings. The molecule has 0 spiro atoms. The third kappa shape index (κ3) is 2.61. The van der Waals surface area contributed by atoms with E-state index in [9.17, 15) is 9.59 Å². The molecule has 1 rings (SSSR count). The Balaban J connectivity index is 2.35. The standard InChI is InChI=1S/C8H13NO4/c1-3-5(2)9-7(10)6-4-12-8(11)13-6/h5-6H,3-4H2,1-2H3,(H,9,10). The van der Waals surface area contributed by atoms with E-state index in [0.717, 1.165) is 6.42 Å². The monoisotopic (exact) mass is 187 g/mol. The van der Waals surface area contributed by atoms with Crippen LogP contribution in [-0.4, -0.2) is 30.8 Å². The van der Waals surface area contributed by atoms with Crippen LogP contribution in [0, 0.1) is 0 Å². The second-order valence-electron chi connectivity index (χ2n) is 2.99. The van der Waals surface area contributed by atoms with Crippen molar-refractivity contribution >= 4 is 12.1 Å². The lowest BCUT2D eigenvalue weighted by atomic mass is 10.2. The molecule has 0 bridgehead atoms. The van der Waals surface area contributed by atoms with Crippen molar-refractivity contribution in [1.29, 1.82) is 0 Å². The Morgan fingerprint density at radius 3 is 2.92 bits per heavy atom. The van der Waals surface area contributed by atoms with Gasteiger partial charge in [-0.25, -0.2) is 4.79 Å². The van der Waals surface area contributed by atoms with E-state index in [0.29, 0.717) is 0 Å². The van der Waals surface area contributed by atoms with E-state index in [-0.39, 0.29) is 18.6 Å². The first kappa shape index (κ1) is 9.83. The Morgan fingerprint density at radius 1 is 1.77 bits per heavy atom. The largest absolute Gasteiger partial charge is 0.509 e. The molecule has 0 aliphatic carbocycles. The number of rotatable bonds is 3. The first-order valence-corrected chi connectivity index (χ1v) is 4.27. The van der Waals surface area contributed by atoms with Crippen LogP contribution in [0.2, 0.25) is 0 Å². The molecule has 0 saturated carbocycles. The second kappa shape index (κ2) is 4.11. The number of ether oxygens (including phenoxy) is 2. The van der Waals surface area contributed by atoms with Crippen molar-refractivity contribution in [2.45, 2.75) is 32.4 Å². The van der Waals surface area contributed by atoms with Crippen LogP contribution in [0.3, 0.4) is 0 Å². The SMILES string of the molecule is CCC(C)NC(=O)C1COC(=O)O1. The summed E-state index contributed by atoms with van der Waals surface area (Å²) in [6, 6.07) is 0.0896.